The number of carbonyl (C=O) groups excluding carboxylic acids is 2. The number of hydrogen-bond acceptors (Lipinski definition) is 9. The molecule has 0 unspecified atom stereocenters. The van der Waals surface area contributed by atoms with Crippen LogP contribution in [0.25, 0.3) is 16.0 Å². The Morgan fingerprint density at radius 2 is 1.88 bits per heavy atom. The Labute approximate surface area is 240 Å². The zero-order chi connectivity index (χ0) is 28.8. The molecule has 2 aliphatic heterocycles. The second-order valence-corrected chi connectivity index (χ2v) is 10.8. The normalized spacial score (nSPS) is 19.4. The van der Waals surface area contributed by atoms with Gasteiger partial charge in [-0.2, -0.15) is 0 Å². The fourth-order valence-corrected chi connectivity index (χ4v) is 6.37. The van der Waals surface area contributed by atoms with Crippen LogP contribution < -0.4 is 23.8 Å². The number of fused-ring (bicyclic) bond motifs is 2. The highest BCUT2D eigenvalue weighted by Crippen LogP contribution is 2.46. The van der Waals surface area contributed by atoms with Gasteiger partial charge in [0.05, 0.1) is 42.7 Å². The second kappa shape index (κ2) is 10.4. The number of rotatable bonds is 7. The minimum Gasteiger partial charge on any atom is -0.507 e. The van der Waals surface area contributed by atoms with Crippen molar-refractivity contribution in [2.75, 3.05) is 25.7 Å². The van der Waals surface area contributed by atoms with Crippen LogP contribution in [0.5, 0.6) is 23.0 Å². The molecule has 3 aromatic carbocycles. The number of amides is 1. The molecule has 1 aromatic heterocycles. The van der Waals surface area contributed by atoms with Crippen LogP contribution in [-0.2, 0) is 16.0 Å². The van der Waals surface area contributed by atoms with Gasteiger partial charge in [-0.25, -0.2) is 4.98 Å². The maximum Gasteiger partial charge on any atom is 0.301 e. The monoisotopic (exact) mass is 572 g/mol. The summed E-state index contributed by atoms with van der Waals surface area (Å²) in [7, 11) is 3.04. The minimum atomic E-state index is -0.967. The maximum absolute atomic E-state index is 13.7. The number of nitrogens with zero attached hydrogens (tertiary/aromatic N) is 2. The smallest absolute Gasteiger partial charge is 0.301 e. The van der Waals surface area contributed by atoms with Crippen molar-refractivity contribution in [1.82, 2.24) is 4.98 Å². The summed E-state index contributed by atoms with van der Waals surface area (Å²) in [5.74, 6) is 0.479. The van der Waals surface area contributed by atoms with E-state index in [0.717, 1.165) is 16.0 Å². The zero-order valence-corrected chi connectivity index (χ0v) is 23.8. The quantitative estimate of drug-likeness (QED) is 0.172. The molecule has 4 aromatic rings. The molecule has 6 rings (SSSR count). The Balaban J connectivity index is 1.53. The molecular formula is C31H28N2O7S. The summed E-state index contributed by atoms with van der Waals surface area (Å²) in [5, 5.41) is 11.9. The Kier molecular flexibility index (Phi) is 6.78. The minimum absolute atomic E-state index is 0.0158. The Bertz CT molecular complexity index is 1730. The molecule has 0 spiro atoms. The van der Waals surface area contributed by atoms with Gasteiger partial charge in [0.25, 0.3) is 5.78 Å². The summed E-state index contributed by atoms with van der Waals surface area (Å²) in [6.45, 7) is 4.38. The number of hydrogen-bond donors (Lipinski definition) is 1. The van der Waals surface area contributed by atoms with Crippen LogP contribution in [0.1, 0.15) is 36.6 Å². The molecule has 0 bridgehead atoms. The lowest BCUT2D eigenvalue weighted by Gasteiger charge is -2.23. The standard InChI is InChI=1S/C31H28N2O7S/c1-5-39-20-8-9-21-25(15-20)41-31(32-21)33-27(17-6-11-23(37-3)24(14-17)38-4)26(29(35)30(33)36)28(34)18-7-10-22-19(13-18)12-16(2)40-22/h6-11,13-16,27,34H,5,12H2,1-4H3/t16-,27-/m1/s1. The second-order valence-electron chi connectivity index (χ2n) is 9.80. The number of aliphatic hydroxyl groups is 1. The maximum atomic E-state index is 13.7. The van der Waals surface area contributed by atoms with Crippen LogP contribution in [-0.4, -0.2) is 48.7 Å². The number of aliphatic hydroxyl groups excluding tert-OH is 1. The summed E-state index contributed by atoms with van der Waals surface area (Å²) in [6, 6.07) is 14.9. The molecule has 41 heavy (non-hydrogen) atoms. The third-order valence-electron chi connectivity index (χ3n) is 7.20. The van der Waals surface area contributed by atoms with E-state index >= 15 is 0 Å². The lowest BCUT2D eigenvalue weighted by atomic mass is 9.94. The first-order chi connectivity index (χ1) is 19.8. The summed E-state index contributed by atoms with van der Waals surface area (Å²) in [6.07, 6.45) is 0.696. The fraction of sp³-hybridized carbons (Fsp3) is 0.258. The third-order valence-corrected chi connectivity index (χ3v) is 8.22. The summed E-state index contributed by atoms with van der Waals surface area (Å²) < 4.78 is 23.2. The molecule has 3 heterocycles. The third kappa shape index (κ3) is 4.54. The molecule has 210 valence electrons. The predicted octanol–water partition coefficient (Wildman–Crippen LogP) is 5.66. The van der Waals surface area contributed by atoms with E-state index in [4.69, 9.17) is 23.9 Å². The van der Waals surface area contributed by atoms with Gasteiger partial charge >= 0.3 is 5.91 Å². The molecule has 0 saturated carbocycles. The SMILES string of the molecule is CCOc1ccc2nc(N3C(=O)C(=O)C(=C(O)c4ccc5c(c4)C[C@@H](C)O5)[C@H]3c3ccc(OC)c(OC)c3)sc2c1. The van der Waals surface area contributed by atoms with Crippen molar-refractivity contribution in [3.63, 3.8) is 0 Å². The van der Waals surface area contributed by atoms with Gasteiger partial charge in [-0.15, -0.1) is 0 Å². The number of thiazole rings is 1. The van der Waals surface area contributed by atoms with Crippen molar-refractivity contribution in [3.8, 4) is 23.0 Å². The van der Waals surface area contributed by atoms with Gasteiger partial charge in [0.1, 0.15) is 23.4 Å². The average Bonchev–Trinajstić information content (AvgIpc) is 3.64. The first-order valence-corrected chi connectivity index (χ1v) is 14.0. The van der Waals surface area contributed by atoms with Gasteiger partial charge in [0.15, 0.2) is 16.6 Å². The van der Waals surface area contributed by atoms with Gasteiger partial charge in [0, 0.05) is 12.0 Å². The summed E-state index contributed by atoms with van der Waals surface area (Å²) >= 11 is 1.27. The fourth-order valence-electron chi connectivity index (χ4n) is 5.35. The Morgan fingerprint density at radius 3 is 2.63 bits per heavy atom. The van der Waals surface area contributed by atoms with E-state index < -0.39 is 17.7 Å². The molecule has 1 saturated heterocycles. The van der Waals surface area contributed by atoms with Gasteiger partial charge in [-0.3, -0.25) is 14.5 Å². The van der Waals surface area contributed by atoms with Crippen molar-refractivity contribution >= 4 is 44.1 Å². The average molecular weight is 573 g/mol. The van der Waals surface area contributed by atoms with Crippen LogP contribution in [0.4, 0.5) is 5.13 Å². The number of carbonyl (C=O) groups is 2. The number of ether oxygens (including phenoxy) is 4. The number of ketones is 1. The number of Topliss-reactive ketones (excluding diaryl/α,β-unsaturated/α-hetero) is 1. The van der Waals surface area contributed by atoms with E-state index in [2.05, 4.69) is 0 Å². The highest BCUT2D eigenvalue weighted by molar-refractivity contribution is 7.22. The molecule has 1 N–H and O–H groups in total. The molecule has 0 aliphatic carbocycles. The van der Waals surface area contributed by atoms with E-state index in [1.807, 2.05) is 32.0 Å². The van der Waals surface area contributed by atoms with E-state index in [1.54, 1.807) is 36.4 Å². The van der Waals surface area contributed by atoms with E-state index in [0.29, 0.717) is 52.1 Å². The highest BCUT2D eigenvalue weighted by Gasteiger charge is 2.48. The summed E-state index contributed by atoms with van der Waals surface area (Å²) in [4.78, 5) is 33.4. The van der Waals surface area contributed by atoms with Crippen LogP contribution in [0.2, 0.25) is 0 Å². The van der Waals surface area contributed by atoms with Crippen LogP contribution in [0, 0.1) is 0 Å². The molecule has 2 aliphatic rings. The van der Waals surface area contributed by atoms with Crippen LogP contribution in [0.15, 0.2) is 60.2 Å². The predicted molar refractivity (Wildman–Crippen MR) is 155 cm³/mol. The van der Waals surface area contributed by atoms with E-state index in [9.17, 15) is 14.7 Å². The van der Waals surface area contributed by atoms with E-state index in [-0.39, 0.29) is 17.4 Å². The lowest BCUT2D eigenvalue weighted by molar-refractivity contribution is -0.132. The van der Waals surface area contributed by atoms with Crippen molar-refractivity contribution in [2.24, 2.45) is 0 Å². The topological polar surface area (TPSA) is 107 Å². The first kappa shape index (κ1) is 26.6. The summed E-state index contributed by atoms with van der Waals surface area (Å²) in [5.41, 5.74) is 2.53. The Morgan fingerprint density at radius 1 is 1.07 bits per heavy atom. The molecule has 1 amide bonds. The van der Waals surface area contributed by atoms with Gasteiger partial charge in [-0.1, -0.05) is 17.4 Å². The molecule has 1 fully saturated rings. The van der Waals surface area contributed by atoms with Crippen molar-refractivity contribution < 1.29 is 33.6 Å². The van der Waals surface area contributed by atoms with Gasteiger partial charge < -0.3 is 24.1 Å². The van der Waals surface area contributed by atoms with Gasteiger partial charge in [-0.05, 0) is 73.5 Å². The lowest BCUT2D eigenvalue weighted by Crippen LogP contribution is -2.29. The Hall–Kier alpha value is -4.57. The van der Waals surface area contributed by atoms with Crippen molar-refractivity contribution in [2.45, 2.75) is 32.4 Å². The molecule has 9 nitrogen and oxygen atoms in total. The largest absolute Gasteiger partial charge is 0.507 e. The number of methoxy groups -OCH3 is 2. The first-order valence-electron chi connectivity index (χ1n) is 13.2. The highest BCUT2D eigenvalue weighted by atomic mass is 32.1. The van der Waals surface area contributed by atoms with Gasteiger partial charge in [0.2, 0.25) is 0 Å². The molecule has 0 radical (unpaired) electrons. The van der Waals surface area contributed by atoms with E-state index in [1.165, 1.54) is 30.5 Å². The van der Waals surface area contributed by atoms with Crippen molar-refractivity contribution in [1.29, 1.82) is 0 Å². The van der Waals surface area contributed by atoms with Crippen LogP contribution >= 0.6 is 11.3 Å². The number of aromatic nitrogens is 1. The number of benzene rings is 3. The zero-order valence-electron chi connectivity index (χ0n) is 23.0. The molecular weight excluding hydrogens is 544 g/mol. The molecule has 2 atom stereocenters. The van der Waals surface area contributed by atoms with Crippen LogP contribution in [0.3, 0.4) is 0 Å². The molecule has 10 heteroatoms. The number of anilines is 1. The van der Waals surface area contributed by atoms with Crippen molar-refractivity contribution in [3.05, 3.63) is 76.9 Å².